The number of hydrogen-bond donors (Lipinski definition) is 3. The number of rotatable bonds is 6. The number of hydrazine groups is 1. The predicted octanol–water partition coefficient (Wildman–Crippen LogP) is 2.57. The van der Waals surface area contributed by atoms with E-state index in [0.717, 1.165) is 11.3 Å². The Hall–Kier alpha value is -2.95. The summed E-state index contributed by atoms with van der Waals surface area (Å²) in [4.78, 5) is 12.0. The van der Waals surface area contributed by atoms with E-state index in [0.29, 0.717) is 23.6 Å². The maximum atomic E-state index is 12.0. The Morgan fingerprint density at radius 1 is 1.14 bits per heavy atom. The third-order valence-corrected chi connectivity index (χ3v) is 2.99. The van der Waals surface area contributed by atoms with E-state index in [-0.39, 0.29) is 5.91 Å². The van der Waals surface area contributed by atoms with Gasteiger partial charge in [0.25, 0.3) is 5.91 Å². The highest BCUT2D eigenvalue weighted by molar-refractivity contribution is 5.94. The van der Waals surface area contributed by atoms with Crippen molar-refractivity contribution in [2.45, 2.75) is 6.92 Å². The van der Waals surface area contributed by atoms with Crippen LogP contribution in [0.25, 0.3) is 5.70 Å². The monoisotopic (exact) mass is 297 g/mol. The van der Waals surface area contributed by atoms with E-state index in [9.17, 15) is 4.79 Å². The Kier molecular flexibility index (Phi) is 5.03. The van der Waals surface area contributed by atoms with Crippen LogP contribution >= 0.6 is 0 Å². The van der Waals surface area contributed by atoms with Crippen LogP contribution < -0.4 is 21.3 Å². The summed E-state index contributed by atoms with van der Waals surface area (Å²) in [7, 11) is 0. The Balaban J connectivity index is 1.93. The molecule has 2 aromatic carbocycles. The molecule has 0 aliphatic carbocycles. The summed E-state index contributed by atoms with van der Waals surface area (Å²) >= 11 is 0. The minimum atomic E-state index is -0.256. The van der Waals surface area contributed by atoms with Crippen LogP contribution in [0.15, 0.2) is 55.1 Å². The number of amides is 1. The zero-order valence-corrected chi connectivity index (χ0v) is 12.4. The fourth-order valence-corrected chi connectivity index (χ4v) is 1.87. The molecule has 0 spiro atoms. The quantitative estimate of drug-likeness (QED) is 0.566. The van der Waals surface area contributed by atoms with Crippen molar-refractivity contribution < 1.29 is 9.53 Å². The van der Waals surface area contributed by atoms with E-state index in [1.807, 2.05) is 19.1 Å². The summed E-state index contributed by atoms with van der Waals surface area (Å²) in [5.74, 6) is 0.476. The van der Waals surface area contributed by atoms with Crippen LogP contribution in [0.3, 0.4) is 0 Å². The molecular formula is C17H19N3O2. The van der Waals surface area contributed by atoms with Gasteiger partial charge in [0.05, 0.1) is 12.3 Å². The Labute approximate surface area is 129 Å². The molecule has 0 atom stereocenters. The van der Waals surface area contributed by atoms with Gasteiger partial charge >= 0.3 is 0 Å². The molecule has 5 heteroatoms. The Bertz CT molecular complexity index is 666. The zero-order chi connectivity index (χ0) is 15.9. The van der Waals surface area contributed by atoms with Crippen molar-refractivity contribution in [2.75, 3.05) is 12.3 Å². The molecule has 0 aliphatic rings. The molecule has 0 fully saturated rings. The van der Waals surface area contributed by atoms with Gasteiger partial charge in [-0.05, 0) is 43.3 Å². The summed E-state index contributed by atoms with van der Waals surface area (Å²) in [6, 6.07) is 14.2. The second kappa shape index (κ2) is 7.17. The van der Waals surface area contributed by atoms with E-state index < -0.39 is 0 Å². The molecule has 2 rings (SSSR count). The maximum Gasteiger partial charge on any atom is 0.269 e. The van der Waals surface area contributed by atoms with Crippen molar-refractivity contribution >= 4 is 17.3 Å². The van der Waals surface area contributed by atoms with Crippen LogP contribution in [0.4, 0.5) is 5.69 Å². The van der Waals surface area contributed by atoms with Crippen molar-refractivity contribution in [3.05, 3.63) is 66.2 Å². The summed E-state index contributed by atoms with van der Waals surface area (Å²) < 4.78 is 5.33. The summed E-state index contributed by atoms with van der Waals surface area (Å²) in [6.45, 7) is 6.37. The average molecular weight is 297 g/mol. The minimum Gasteiger partial charge on any atom is -0.494 e. The van der Waals surface area contributed by atoms with Gasteiger partial charge in [0, 0.05) is 16.8 Å². The fourth-order valence-electron chi connectivity index (χ4n) is 1.87. The first kappa shape index (κ1) is 15.4. The van der Waals surface area contributed by atoms with Gasteiger partial charge in [-0.25, -0.2) is 0 Å². The first-order chi connectivity index (χ1) is 10.6. The lowest BCUT2D eigenvalue weighted by Gasteiger charge is -2.12. The second-order valence-electron chi connectivity index (χ2n) is 4.64. The lowest BCUT2D eigenvalue weighted by atomic mass is 10.1. The number of hydrogen-bond acceptors (Lipinski definition) is 4. The molecule has 1 amide bonds. The third-order valence-electron chi connectivity index (χ3n) is 2.99. The molecule has 22 heavy (non-hydrogen) atoms. The summed E-state index contributed by atoms with van der Waals surface area (Å²) in [5, 5.41) is 0. The first-order valence-corrected chi connectivity index (χ1v) is 6.94. The molecule has 0 heterocycles. The zero-order valence-electron chi connectivity index (χ0n) is 12.4. The normalized spacial score (nSPS) is 9.86. The number of benzene rings is 2. The predicted molar refractivity (Wildman–Crippen MR) is 88.1 cm³/mol. The summed E-state index contributed by atoms with van der Waals surface area (Å²) in [5.41, 5.74) is 13.6. The van der Waals surface area contributed by atoms with Gasteiger partial charge in [0.2, 0.25) is 0 Å². The van der Waals surface area contributed by atoms with E-state index in [1.54, 1.807) is 36.4 Å². The van der Waals surface area contributed by atoms with Gasteiger partial charge in [0.1, 0.15) is 5.75 Å². The number of nitrogens with two attached hydrogens (primary N) is 1. The smallest absolute Gasteiger partial charge is 0.269 e. The van der Waals surface area contributed by atoms with Crippen molar-refractivity contribution in [3.8, 4) is 5.75 Å². The van der Waals surface area contributed by atoms with Gasteiger partial charge < -0.3 is 10.5 Å². The molecular weight excluding hydrogens is 278 g/mol. The third kappa shape index (κ3) is 4.02. The molecule has 0 saturated carbocycles. The topological polar surface area (TPSA) is 76.4 Å². The maximum absolute atomic E-state index is 12.0. The molecule has 0 radical (unpaired) electrons. The Morgan fingerprint density at radius 2 is 1.86 bits per heavy atom. The lowest BCUT2D eigenvalue weighted by molar-refractivity contribution is 0.0942. The van der Waals surface area contributed by atoms with E-state index in [4.69, 9.17) is 10.5 Å². The van der Waals surface area contributed by atoms with Gasteiger partial charge in [-0.1, -0.05) is 18.7 Å². The SMILES string of the molecule is C=C(NNC(=O)c1ccc(OCC)cc1)c1cccc(N)c1. The number of ether oxygens (including phenoxy) is 1. The summed E-state index contributed by atoms with van der Waals surface area (Å²) in [6.07, 6.45) is 0. The van der Waals surface area contributed by atoms with Crippen LogP contribution in [0.5, 0.6) is 5.75 Å². The molecule has 2 aromatic rings. The first-order valence-electron chi connectivity index (χ1n) is 6.94. The van der Waals surface area contributed by atoms with E-state index in [2.05, 4.69) is 17.4 Å². The van der Waals surface area contributed by atoms with Crippen molar-refractivity contribution in [3.63, 3.8) is 0 Å². The van der Waals surface area contributed by atoms with Gasteiger partial charge in [-0.15, -0.1) is 0 Å². The molecule has 0 aliphatic heterocycles. The van der Waals surface area contributed by atoms with Crippen LogP contribution in [0.1, 0.15) is 22.8 Å². The average Bonchev–Trinajstić information content (AvgIpc) is 2.53. The van der Waals surface area contributed by atoms with E-state index >= 15 is 0 Å². The van der Waals surface area contributed by atoms with Crippen LogP contribution in [0, 0.1) is 0 Å². The highest BCUT2D eigenvalue weighted by atomic mass is 16.5. The van der Waals surface area contributed by atoms with Gasteiger partial charge in [-0.2, -0.15) is 0 Å². The molecule has 0 bridgehead atoms. The van der Waals surface area contributed by atoms with Crippen LogP contribution in [-0.4, -0.2) is 12.5 Å². The molecule has 0 unspecified atom stereocenters. The molecule has 5 nitrogen and oxygen atoms in total. The minimum absolute atomic E-state index is 0.256. The fraction of sp³-hybridized carbons (Fsp3) is 0.118. The van der Waals surface area contributed by atoms with E-state index in [1.165, 1.54) is 0 Å². The Morgan fingerprint density at radius 3 is 2.50 bits per heavy atom. The van der Waals surface area contributed by atoms with Crippen molar-refractivity contribution in [1.82, 2.24) is 10.9 Å². The highest BCUT2D eigenvalue weighted by Gasteiger charge is 2.06. The molecule has 0 aromatic heterocycles. The second-order valence-corrected chi connectivity index (χ2v) is 4.64. The number of anilines is 1. The van der Waals surface area contributed by atoms with Gasteiger partial charge in [-0.3, -0.25) is 15.6 Å². The van der Waals surface area contributed by atoms with Crippen LogP contribution in [-0.2, 0) is 0 Å². The number of carbonyl (C=O) groups excluding carboxylic acids is 1. The number of carbonyl (C=O) groups is 1. The molecule has 0 saturated heterocycles. The molecule has 4 N–H and O–H groups in total. The molecule has 114 valence electrons. The highest BCUT2D eigenvalue weighted by Crippen LogP contribution is 2.13. The van der Waals surface area contributed by atoms with Crippen molar-refractivity contribution in [2.24, 2.45) is 0 Å². The number of nitrogen functional groups attached to an aromatic ring is 1. The van der Waals surface area contributed by atoms with Gasteiger partial charge in [0.15, 0.2) is 0 Å². The standard InChI is InChI=1S/C17H19N3O2/c1-3-22-16-9-7-13(8-10-16)17(21)20-19-12(2)14-5-4-6-15(18)11-14/h4-11,19H,2-3,18H2,1H3,(H,20,21). The van der Waals surface area contributed by atoms with Crippen molar-refractivity contribution in [1.29, 1.82) is 0 Å². The lowest BCUT2D eigenvalue weighted by Crippen LogP contribution is -2.35. The largest absolute Gasteiger partial charge is 0.494 e. The van der Waals surface area contributed by atoms with Crippen LogP contribution in [0.2, 0.25) is 0 Å². The number of nitrogens with one attached hydrogen (secondary N) is 2.